The molecule has 2 heterocycles. The van der Waals surface area contributed by atoms with Crippen molar-refractivity contribution in [2.45, 2.75) is 46.5 Å². The Kier molecular flexibility index (Phi) is 8.20. The van der Waals surface area contributed by atoms with E-state index >= 15 is 0 Å². The monoisotopic (exact) mass is 674 g/mol. The Morgan fingerprint density at radius 3 is 2.06 bits per heavy atom. The summed E-state index contributed by atoms with van der Waals surface area (Å²) < 4.78 is 8.51. The normalized spacial score (nSPS) is 14.6. The van der Waals surface area contributed by atoms with Gasteiger partial charge < -0.3 is 8.98 Å². The first-order valence-corrected chi connectivity index (χ1v) is 18.7. The molecule has 254 valence electrons. The van der Waals surface area contributed by atoms with Crippen LogP contribution in [0.4, 0.5) is 0 Å². The number of allylic oxidation sites excluding steroid dienone is 4. The first-order chi connectivity index (χ1) is 25.6. The summed E-state index contributed by atoms with van der Waals surface area (Å²) in [6.07, 6.45) is 8.91. The van der Waals surface area contributed by atoms with Crippen LogP contribution in [0.5, 0.6) is 0 Å². The standard InChI is InChI=1S/C49H42N2O/c1-4-10-34-17-28-47-44(31-34)43-30-33(5-2)16-27-46(43)51(47)38-24-22-36(23-25-38)39-11-6-7-12-41(39)42-29-32(3)15-26-40(42)35-18-20-37(21-19-35)49-50-45-13-8-9-14-48(45)52-49/h6-9,11-28,30-32H,4-5,10,29H2,1-3H3. The molecular weight excluding hydrogens is 633 g/mol. The molecule has 1 atom stereocenters. The topological polar surface area (TPSA) is 31.0 Å². The minimum absolute atomic E-state index is 0.453. The van der Waals surface area contributed by atoms with E-state index in [1.807, 2.05) is 24.3 Å². The number of benzene rings is 6. The van der Waals surface area contributed by atoms with Gasteiger partial charge in [-0.05, 0) is 130 Å². The molecule has 1 aliphatic rings. The van der Waals surface area contributed by atoms with Crippen LogP contribution >= 0.6 is 0 Å². The van der Waals surface area contributed by atoms with Gasteiger partial charge in [-0.15, -0.1) is 0 Å². The van der Waals surface area contributed by atoms with Crippen molar-refractivity contribution in [3.8, 4) is 28.3 Å². The maximum absolute atomic E-state index is 6.07. The molecule has 1 unspecified atom stereocenters. The van der Waals surface area contributed by atoms with Crippen LogP contribution in [0.1, 0.15) is 55.9 Å². The van der Waals surface area contributed by atoms with Gasteiger partial charge in [-0.2, -0.15) is 0 Å². The van der Waals surface area contributed by atoms with Crippen LogP contribution in [0.2, 0.25) is 0 Å². The second kappa shape index (κ2) is 13.3. The van der Waals surface area contributed by atoms with Gasteiger partial charge >= 0.3 is 0 Å². The second-order valence-corrected chi connectivity index (χ2v) is 14.2. The molecule has 0 radical (unpaired) electrons. The minimum atomic E-state index is 0.453. The average molecular weight is 675 g/mol. The van der Waals surface area contributed by atoms with E-state index in [4.69, 9.17) is 9.40 Å². The second-order valence-electron chi connectivity index (χ2n) is 14.2. The van der Waals surface area contributed by atoms with Crippen LogP contribution in [0.15, 0.2) is 150 Å². The fourth-order valence-corrected chi connectivity index (χ4v) is 8.02. The molecule has 52 heavy (non-hydrogen) atoms. The Hall–Kier alpha value is -5.93. The number of rotatable bonds is 8. The van der Waals surface area contributed by atoms with Gasteiger partial charge in [0.15, 0.2) is 5.58 Å². The highest BCUT2D eigenvalue weighted by Gasteiger charge is 2.20. The van der Waals surface area contributed by atoms with E-state index in [0.717, 1.165) is 42.3 Å². The molecule has 0 saturated carbocycles. The van der Waals surface area contributed by atoms with Crippen LogP contribution in [0, 0.1) is 5.92 Å². The number of aromatic nitrogens is 2. The molecule has 0 aliphatic heterocycles. The van der Waals surface area contributed by atoms with E-state index in [9.17, 15) is 0 Å². The average Bonchev–Trinajstić information content (AvgIpc) is 3.77. The smallest absolute Gasteiger partial charge is 0.227 e. The van der Waals surface area contributed by atoms with Gasteiger partial charge in [-0.1, -0.05) is 112 Å². The van der Waals surface area contributed by atoms with Crippen molar-refractivity contribution in [2.75, 3.05) is 0 Å². The lowest BCUT2D eigenvalue weighted by Crippen LogP contribution is -2.03. The van der Waals surface area contributed by atoms with Crippen LogP contribution < -0.4 is 0 Å². The summed E-state index contributed by atoms with van der Waals surface area (Å²) in [7, 11) is 0. The molecule has 3 heteroatoms. The van der Waals surface area contributed by atoms with E-state index in [-0.39, 0.29) is 0 Å². The molecule has 0 bridgehead atoms. The first-order valence-electron chi connectivity index (χ1n) is 18.7. The molecule has 1 aliphatic carbocycles. The third-order valence-corrected chi connectivity index (χ3v) is 10.7. The Morgan fingerprint density at radius 2 is 1.33 bits per heavy atom. The quantitative estimate of drug-likeness (QED) is 0.161. The fraction of sp³-hybridized carbons (Fsp3) is 0.163. The number of oxazole rings is 1. The van der Waals surface area contributed by atoms with Crippen molar-refractivity contribution in [3.63, 3.8) is 0 Å². The van der Waals surface area contributed by atoms with Crippen molar-refractivity contribution in [1.82, 2.24) is 9.55 Å². The van der Waals surface area contributed by atoms with Gasteiger partial charge in [-0.25, -0.2) is 4.98 Å². The number of para-hydroxylation sites is 2. The fourth-order valence-electron chi connectivity index (χ4n) is 8.02. The van der Waals surface area contributed by atoms with Crippen LogP contribution in [-0.2, 0) is 12.8 Å². The molecular formula is C49H42N2O. The molecule has 0 fully saturated rings. The summed E-state index contributed by atoms with van der Waals surface area (Å²) in [4.78, 5) is 4.72. The first kappa shape index (κ1) is 32.0. The summed E-state index contributed by atoms with van der Waals surface area (Å²) >= 11 is 0. The molecule has 2 aromatic heterocycles. The van der Waals surface area contributed by atoms with E-state index in [0.29, 0.717) is 11.8 Å². The largest absolute Gasteiger partial charge is 0.436 e. The number of hydrogen-bond donors (Lipinski definition) is 0. The zero-order valence-electron chi connectivity index (χ0n) is 30.1. The molecule has 0 spiro atoms. The van der Waals surface area contributed by atoms with Crippen LogP contribution in [0.25, 0.3) is 72.3 Å². The highest BCUT2D eigenvalue weighted by Crippen LogP contribution is 2.42. The van der Waals surface area contributed by atoms with Crippen molar-refractivity contribution in [1.29, 1.82) is 0 Å². The van der Waals surface area contributed by atoms with Crippen LogP contribution in [0.3, 0.4) is 0 Å². The van der Waals surface area contributed by atoms with Crippen molar-refractivity contribution in [3.05, 3.63) is 168 Å². The summed E-state index contributed by atoms with van der Waals surface area (Å²) in [5, 5.41) is 2.68. The predicted molar refractivity (Wildman–Crippen MR) is 219 cm³/mol. The van der Waals surface area contributed by atoms with E-state index in [1.165, 1.54) is 72.0 Å². The van der Waals surface area contributed by atoms with Gasteiger partial charge in [0.1, 0.15) is 5.52 Å². The summed E-state index contributed by atoms with van der Waals surface area (Å²) in [5.41, 5.74) is 16.8. The molecule has 9 rings (SSSR count). The molecule has 0 saturated heterocycles. The highest BCUT2D eigenvalue weighted by atomic mass is 16.3. The van der Waals surface area contributed by atoms with Crippen molar-refractivity contribution < 1.29 is 4.42 Å². The lowest BCUT2D eigenvalue weighted by atomic mass is 9.81. The van der Waals surface area contributed by atoms with E-state index in [1.54, 1.807) is 0 Å². The Balaban J connectivity index is 1.10. The molecule has 6 aromatic carbocycles. The van der Waals surface area contributed by atoms with Gasteiger partial charge in [0.2, 0.25) is 5.89 Å². The Morgan fingerprint density at radius 1 is 0.673 bits per heavy atom. The molecule has 8 aromatic rings. The summed E-state index contributed by atoms with van der Waals surface area (Å²) in [5.74, 6) is 1.10. The van der Waals surface area contributed by atoms with E-state index < -0.39 is 0 Å². The number of fused-ring (bicyclic) bond motifs is 4. The van der Waals surface area contributed by atoms with Gasteiger partial charge in [0.25, 0.3) is 0 Å². The minimum Gasteiger partial charge on any atom is -0.436 e. The third kappa shape index (κ3) is 5.67. The van der Waals surface area contributed by atoms with Crippen molar-refractivity contribution >= 4 is 44.1 Å². The summed E-state index contributed by atoms with van der Waals surface area (Å²) in [6, 6.07) is 48.7. The zero-order valence-corrected chi connectivity index (χ0v) is 30.1. The Bertz CT molecular complexity index is 2620. The lowest BCUT2D eigenvalue weighted by molar-refractivity contribution is 0.620. The molecule has 3 nitrogen and oxygen atoms in total. The Labute approximate surface area is 305 Å². The van der Waals surface area contributed by atoms with Gasteiger partial charge in [0, 0.05) is 22.0 Å². The lowest BCUT2D eigenvalue weighted by Gasteiger charge is -2.23. The number of hydrogen-bond acceptors (Lipinski definition) is 2. The molecule has 0 N–H and O–H groups in total. The third-order valence-electron chi connectivity index (χ3n) is 10.7. The number of nitrogens with zero attached hydrogens (tertiary/aromatic N) is 2. The highest BCUT2D eigenvalue weighted by molar-refractivity contribution is 6.10. The molecule has 0 amide bonds. The predicted octanol–water partition coefficient (Wildman–Crippen LogP) is 13.3. The summed E-state index contributed by atoms with van der Waals surface area (Å²) in [6.45, 7) is 6.80. The van der Waals surface area contributed by atoms with Crippen LogP contribution in [-0.4, -0.2) is 9.55 Å². The van der Waals surface area contributed by atoms with Gasteiger partial charge in [0.05, 0.1) is 11.0 Å². The maximum atomic E-state index is 6.07. The maximum Gasteiger partial charge on any atom is 0.227 e. The van der Waals surface area contributed by atoms with E-state index in [2.05, 4.69) is 147 Å². The SMILES string of the molecule is CCCc1ccc2c(c1)c1cc(CC)ccc1n2-c1ccc(-c2ccccc2C2=C(c3ccc(-c4nc5ccccc5o4)cc3)C=CC(C)C2)cc1. The zero-order chi connectivity index (χ0) is 35.2. The number of aryl methyl sites for hydroxylation is 2. The van der Waals surface area contributed by atoms with Gasteiger partial charge in [-0.3, -0.25) is 0 Å². The van der Waals surface area contributed by atoms with Crippen molar-refractivity contribution in [2.24, 2.45) is 5.92 Å².